The summed E-state index contributed by atoms with van der Waals surface area (Å²) in [5.41, 5.74) is 3.67. The van der Waals surface area contributed by atoms with Gasteiger partial charge in [-0.3, -0.25) is 0 Å². The molecule has 0 aliphatic carbocycles. The lowest BCUT2D eigenvalue weighted by molar-refractivity contribution is 0.314. The maximum absolute atomic E-state index is 13.8. The Labute approximate surface area is 145 Å². The predicted molar refractivity (Wildman–Crippen MR) is 85.9 cm³/mol. The average molecular weight is 359 g/mol. The number of oxime groups is 1. The molecule has 0 bridgehead atoms. The van der Waals surface area contributed by atoms with Gasteiger partial charge in [0.2, 0.25) is 17.8 Å². The Bertz CT molecular complexity index is 869. The van der Waals surface area contributed by atoms with Crippen molar-refractivity contribution in [3.63, 3.8) is 0 Å². The summed E-state index contributed by atoms with van der Waals surface area (Å²) in [4.78, 5) is 11.3. The zero-order valence-corrected chi connectivity index (χ0v) is 13.1. The molecule has 0 radical (unpaired) electrons. The van der Waals surface area contributed by atoms with Crippen LogP contribution in [0.25, 0.3) is 0 Å². The number of halogens is 3. The number of hydrogen-bond donors (Lipinski definition) is 2. The van der Waals surface area contributed by atoms with Crippen LogP contribution in [0.2, 0.25) is 0 Å². The second-order valence-electron chi connectivity index (χ2n) is 5.27. The molecule has 6 nitrogen and oxygen atoms in total. The van der Waals surface area contributed by atoms with E-state index in [1.807, 2.05) is 0 Å². The molecule has 3 N–H and O–H groups in total. The zero-order valence-electron chi connectivity index (χ0n) is 13.1. The van der Waals surface area contributed by atoms with Crippen LogP contribution in [0.4, 0.5) is 13.2 Å². The SMILES string of the molecule is NC(=NO)C(c1cccc(F)n1)(c1cccc(F)n1)c1cccc(F)n1. The first-order valence-corrected chi connectivity index (χ1v) is 7.35. The highest BCUT2D eigenvalue weighted by Crippen LogP contribution is 2.36. The minimum absolute atomic E-state index is 0.107. The topological polar surface area (TPSA) is 97.3 Å². The van der Waals surface area contributed by atoms with Crippen molar-refractivity contribution in [2.24, 2.45) is 10.9 Å². The molecule has 3 rings (SSSR count). The molecular weight excluding hydrogens is 347 g/mol. The summed E-state index contributed by atoms with van der Waals surface area (Å²) in [7, 11) is 0. The van der Waals surface area contributed by atoms with Crippen molar-refractivity contribution in [1.82, 2.24) is 15.0 Å². The van der Waals surface area contributed by atoms with Crippen molar-refractivity contribution >= 4 is 5.84 Å². The third-order valence-corrected chi connectivity index (χ3v) is 3.79. The lowest BCUT2D eigenvalue weighted by atomic mass is 9.75. The van der Waals surface area contributed by atoms with E-state index in [1.165, 1.54) is 36.4 Å². The predicted octanol–water partition coefficient (Wildman–Crippen LogP) is 2.37. The van der Waals surface area contributed by atoms with Crippen molar-refractivity contribution in [3.05, 3.63) is 89.5 Å². The Morgan fingerprint density at radius 3 is 1.38 bits per heavy atom. The summed E-state index contributed by atoms with van der Waals surface area (Å²) in [6.07, 6.45) is 0. The van der Waals surface area contributed by atoms with Gasteiger partial charge in [-0.15, -0.1) is 0 Å². The van der Waals surface area contributed by atoms with Crippen molar-refractivity contribution in [2.75, 3.05) is 0 Å². The van der Waals surface area contributed by atoms with E-state index in [4.69, 9.17) is 5.73 Å². The Hall–Kier alpha value is -3.49. The molecule has 0 aliphatic rings. The molecule has 0 fully saturated rings. The molecule has 9 heteroatoms. The molecule has 0 amide bonds. The van der Waals surface area contributed by atoms with Gasteiger partial charge < -0.3 is 10.9 Å². The molecule has 0 unspecified atom stereocenters. The van der Waals surface area contributed by atoms with Gasteiger partial charge in [-0.05, 0) is 36.4 Å². The smallest absolute Gasteiger partial charge is 0.213 e. The largest absolute Gasteiger partial charge is 0.409 e. The maximum atomic E-state index is 13.8. The second-order valence-corrected chi connectivity index (χ2v) is 5.27. The fourth-order valence-corrected chi connectivity index (χ4v) is 2.71. The minimum atomic E-state index is -1.92. The van der Waals surface area contributed by atoms with Crippen LogP contribution in [0.1, 0.15) is 17.1 Å². The van der Waals surface area contributed by atoms with Crippen LogP contribution in [0.3, 0.4) is 0 Å². The van der Waals surface area contributed by atoms with Gasteiger partial charge in [0.1, 0.15) is 0 Å². The minimum Gasteiger partial charge on any atom is -0.409 e. The van der Waals surface area contributed by atoms with E-state index < -0.39 is 29.1 Å². The third kappa shape index (κ3) is 2.83. The van der Waals surface area contributed by atoms with Crippen LogP contribution >= 0.6 is 0 Å². The quantitative estimate of drug-likeness (QED) is 0.245. The van der Waals surface area contributed by atoms with E-state index >= 15 is 0 Å². The number of hydrogen-bond acceptors (Lipinski definition) is 5. The van der Waals surface area contributed by atoms with Gasteiger partial charge in [-0.2, -0.15) is 13.2 Å². The van der Waals surface area contributed by atoms with Gasteiger partial charge in [0.05, 0.1) is 17.1 Å². The fraction of sp³-hybridized carbons (Fsp3) is 0.0588. The number of pyridine rings is 3. The van der Waals surface area contributed by atoms with Crippen molar-refractivity contribution < 1.29 is 18.4 Å². The zero-order chi connectivity index (χ0) is 18.7. The van der Waals surface area contributed by atoms with Crippen molar-refractivity contribution in [2.45, 2.75) is 5.41 Å². The molecule has 0 saturated heterocycles. The lowest BCUT2D eigenvalue weighted by Gasteiger charge is -2.31. The number of nitrogens with two attached hydrogens (primary N) is 1. The highest BCUT2D eigenvalue weighted by Gasteiger charge is 2.46. The lowest BCUT2D eigenvalue weighted by Crippen LogP contribution is -2.46. The van der Waals surface area contributed by atoms with Gasteiger partial charge >= 0.3 is 0 Å². The van der Waals surface area contributed by atoms with Gasteiger partial charge in [-0.1, -0.05) is 23.4 Å². The van der Waals surface area contributed by atoms with Crippen LogP contribution in [0.15, 0.2) is 59.8 Å². The summed E-state index contributed by atoms with van der Waals surface area (Å²) < 4.78 is 41.4. The van der Waals surface area contributed by atoms with Crippen LogP contribution < -0.4 is 5.73 Å². The average Bonchev–Trinajstić information content (AvgIpc) is 2.62. The molecule has 3 aromatic heterocycles. The molecule has 0 atom stereocenters. The summed E-state index contributed by atoms with van der Waals surface area (Å²) in [5.74, 6) is -3.15. The van der Waals surface area contributed by atoms with Gasteiger partial charge in [-0.25, -0.2) is 15.0 Å². The van der Waals surface area contributed by atoms with E-state index in [2.05, 4.69) is 20.1 Å². The van der Waals surface area contributed by atoms with Crippen LogP contribution in [0.5, 0.6) is 0 Å². The summed E-state index contributed by atoms with van der Waals surface area (Å²) in [6.45, 7) is 0. The maximum Gasteiger partial charge on any atom is 0.213 e. The molecule has 132 valence electrons. The van der Waals surface area contributed by atoms with E-state index in [-0.39, 0.29) is 17.1 Å². The first-order valence-electron chi connectivity index (χ1n) is 7.35. The Morgan fingerprint density at radius 2 is 1.12 bits per heavy atom. The Balaban J connectivity index is 2.47. The summed E-state index contributed by atoms with van der Waals surface area (Å²) in [6, 6.07) is 11.3. The molecule has 0 saturated carbocycles. The third-order valence-electron chi connectivity index (χ3n) is 3.79. The second kappa shape index (κ2) is 6.79. The summed E-state index contributed by atoms with van der Waals surface area (Å²) in [5, 5.41) is 12.3. The first kappa shape index (κ1) is 17.3. The number of nitrogens with zero attached hydrogens (tertiary/aromatic N) is 4. The molecule has 0 aliphatic heterocycles. The van der Waals surface area contributed by atoms with E-state index in [9.17, 15) is 18.4 Å². The summed E-state index contributed by atoms with van der Waals surface area (Å²) >= 11 is 0. The fourth-order valence-electron chi connectivity index (χ4n) is 2.71. The molecule has 3 heterocycles. The molecule has 26 heavy (non-hydrogen) atoms. The molecule has 0 spiro atoms. The van der Waals surface area contributed by atoms with Gasteiger partial charge in [0.15, 0.2) is 11.3 Å². The Kier molecular flexibility index (Phi) is 4.53. The monoisotopic (exact) mass is 359 g/mol. The number of rotatable bonds is 4. The van der Waals surface area contributed by atoms with Gasteiger partial charge in [0, 0.05) is 0 Å². The van der Waals surface area contributed by atoms with Crippen LogP contribution in [-0.2, 0) is 5.41 Å². The molecular formula is C17H12F3N5O. The highest BCUT2D eigenvalue weighted by atomic mass is 19.1. The number of amidine groups is 1. The van der Waals surface area contributed by atoms with Crippen LogP contribution in [-0.4, -0.2) is 26.0 Å². The van der Waals surface area contributed by atoms with Gasteiger partial charge in [0.25, 0.3) is 0 Å². The normalized spacial score (nSPS) is 12.2. The van der Waals surface area contributed by atoms with Crippen molar-refractivity contribution in [3.8, 4) is 0 Å². The molecule has 0 aromatic carbocycles. The highest BCUT2D eigenvalue weighted by molar-refractivity contribution is 5.97. The molecule has 3 aromatic rings. The van der Waals surface area contributed by atoms with Crippen molar-refractivity contribution in [1.29, 1.82) is 0 Å². The van der Waals surface area contributed by atoms with E-state index in [1.54, 1.807) is 0 Å². The Morgan fingerprint density at radius 1 is 0.769 bits per heavy atom. The first-order chi connectivity index (χ1) is 12.5. The van der Waals surface area contributed by atoms with E-state index in [0.29, 0.717) is 0 Å². The number of aromatic nitrogens is 3. The van der Waals surface area contributed by atoms with E-state index in [0.717, 1.165) is 18.2 Å². The standard InChI is InChI=1S/C17H12F3N5O/c18-13-7-1-4-10(22-13)17(16(21)25-26,11-5-2-8-14(19)23-11)12-6-3-9-15(20)24-12/h1-9,26H,(H2,21,25). The van der Waals surface area contributed by atoms with Crippen LogP contribution in [0, 0.1) is 17.8 Å².